The Morgan fingerprint density at radius 1 is 1.21 bits per heavy atom. The van der Waals surface area contributed by atoms with Crippen LogP contribution in [0.2, 0.25) is 0 Å². The van der Waals surface area contributed by atoms with Gasteiger partial charge in [-0.1, -0.05) is 29.8 Å². The summed E-state index contributed by atoms with van der Waals surface area (Å²) in [5.41, 5.74) is 3.14. The van der Waals surface area contributed by atoms with Gasteiger partial charge < -0.3 is 14.5 Å². The van der Waals surface area contributed by atoms with Crippen LogP contribution in [0.1, 0.15) is 33.4 Å². The maximum absolute atomic E-state index is 12.6. The number of thiocarbonyl (C=S) groups is 1. The number of anilines is 1. The number of aryl methyl sites for hydroxylation is 1. The molecule has 3 rings (SSSR count). The summed E-state index contributed by atoms with van der Waals surface area (Å²) in [4.78, 5) is 24.6. The molecule has 1 aromatic carbocycles. The van der Waals surface area contributed by atoms with Gasteiger partial charge >= 0.3 is 5.97 Å². The number of carbonyl (C=O) groups excluding carboxylic acids is 2. The zero-order valence-electron chi connectivity index (χ0n) is 15.3. The number of nitrogens with one attached hydrogen (secondary N) is 2. The quantitative estimate of drug-likeness (QED) is 0.468. The summed E-state index contributed by atoms with van der Waals surface area (Å²) in [6.45, 7) is 4.00. The van der Waals surface area contributed by atoms with Gasteiger partial charge in [0.15, 0.2) is 10.9 Å². The topological polar surface area (TPSA) is 80.6 Å². The maximum atomic E-state index is 12.6. The molecular weight excluding hydrogens is 396 g/mol. The predicted molar refractivity (Wildman–Crippen MR) is 113 cm³/mol. The van der Waals surface area contributed by atoms with Crippen LogP contribution in [0.25, 0.3) is 11.1 Å². The minimum Gasteiger partial charge on any atom is -0.462 e. The standard InChI is InChI=1S/C20H18N2O4S2/c1-3-25-19(24)16-14(13-8-6-12(2)7-9-13)11-28-18(16)22-20(27)21-17(23)15-5-4-10-26-15/h4-11H,3H2,1-2H3,(H2,21,22,23,27). The van der Waals surface area contributed by atoms with E-state index in [1.807, 2.05) is 36.6 Å². The molecule has 6 nitrogen and oxygen atoms in total. The summed E-state index contributed by atoms with van der Waals surface area (Å²) in [6.07, 6.45) is 1.40. The van der Waals surface area contributed by atoms with E-state index in [0.29, 0.717) is 10.6 Å². The summed E-state index contributed by atoms with van der Waals surface area (Å²) in [5.74, 6) is -0.793. The van der Waals surface area contributed by atoms with Gasteiger partial charge in [-0.05, 0) is 43.8 Å². The number of thiophene rings is 1. The van der Waals surface area contributed by atoms with Crippen molar-refractivity contribution in [1.29, 1.82) is 0 Å². The van der Waals surface area contributed by atoms with Crippen molar-refractivity contribution in [3.8, 4) is 11.1 Å². The minimum atomic E-state index is -0.476. The maximum Gasteiger partial charge on any atom is 0.341 e. The monoisotopic (exact) mass is 414 g/mol. The van der Waals surface area contributed by atoms with Gasteiger partial charge in [-0.15, -0.1) is 11.3 Å². The average Bonchev–Trinajstić information content (AvgIpc) is 3.32. The fourth-order valence-electron chi connectivity index (χ4n) is 2.51. The lowest BCUT2D eigenvalue weighted by molar-refractivity contribution is 0.0529. The van der Waals surface area contributed by atoms with E-state index in [2.05, 4.69) is 10.6 Å². The molecule has 0 aliphatic rings. The smallest absolute Gasteiger partial charge is 0.341 e. The summed E-state index contributed by atoms with van der Waals surface area (Å²) >= 11 is 6.52. The highest BCUT2D eigenvalue weighted by Gasteiger charge is 2.22. The van der Waals surface area contributed by atoms with Crippen molar-refractivity contribution in [3.05, 3.63) is 64.9 Å². The van der Waals surface area contributed by atoms with E-state index in [1.165, 1.54) is 23.7 Å². The van der Waals surface area contributed by atoms with Gasteiger partial charge in [-0.2, -0.15) is 0 Å². The van der Waals surface area contributed by atoms with Gasteiger partial charge in [-0.3, -0.25) is 10.1 Å². The first-order chi connectivity index (χ1) is 13.5. The van der Waals surface area contributed by atoms with Gasteiger partial charge in [0.1, 0.15) is 10.6 Å². The van der Waals surface area contributed by atoms with Crippen molar-refractivity contribution >= 4 is 45.5 Å². The highest BCUT2D eigenvalue weighted by atomic mass is 32.1. The first-order valence-electron chi connectivity index (χ1n) is 8.51. The SMILES string of the molecule is CCOC(=O)c1c(-c2ccc(C)cc2)csc1NC(=S)NC(=O)c1ccco1. The lowest BCUT2D eigenvalue weighted by Gasteiger charge is -2.10. The zero-order valence-corrected chi connectivity index (χ0v) is 16.9. The molecule has 0 bridgehead atoms. The lowest BCUT2D eigenvalue weighted by Crippen LogP contribution is -2.34. The van der Waals surface area contributed by atoms with Crippen LogP contribution in [0, 0.1) is 6.92 Å². The van der Waals surface area contributed by atoms with Crippen LogP contribution in [0.3, 0.4) is 0 Å². The van der Waals surface area contributed by atoms with E-state index in [-0.39, 0.29) is 17.5 Å². The second kappa shape index (κ2) is 8.81. The molecule has 0 saturated carbocycles. The number of furan rings is 1. The van der Waals surface area contributed by atoms with Crippen LogP contribution < -0.4 is 10.6 Å². The first-order valence-corrected chi connectivity index (χ1v) is 9.80. The Bertz CT molecular complexity index is 992. The molecule has 1 amide bonds. The molecule has 0 radical (unpaired) electrons. The van der Waals surface area contributed by atoms with Crippen molar-refractivity contribution in [3.63, 3.8) is 0 Å². The van der Waals surface area contributed by atoms with Crippen LogP contribution in [-0.2, 0) is 4.74 Å². The number of rotatable bonds is 5. The number of carbonyl (C=O) groups is 2. The highest BCUT2D eigenvalue weighted by molar-refractivity contribution is 7.80. The minimum absolute atomic E-state index is 0.0595. The Hall–Kier alpha value is -2.97. The molecule has 144 valence electrons. The van der Waals surface area contributed by atoms with E-state index in [1.54, 1.807) is 13.0 Å². The van der Waals surface area contributed by atoms with Crippen molar-refractivity contribution < 1.29 is 18.7 Å². The normalized spacial score (nSPS) is 10.4. The molecule has 0 saturated heterocycles. The van der Waals surface area contributed by atoms with Gasteiger partial charge in [0.2, 0.25) is 0 Å². The molecule has 0 unspecified atom stereocenters. The Labute approximate surface area is 171 Å². The summed E-state index contributed by atoms with van der Waals surface area (Å²) in [5, 5.41) is 7.86. The fraction of sp³-hybridized carbons (Fsp3) is 0.150. The van der Waals surface area contributed by atoms with E-state index < -0.39 is 11.9 Å². The van der Waals surface area contributed by atoms with Gasteiger partial charge in [-0.25, -0.2) is 4.79 Å². The molecule has 0 aliphatic heterocycles. The summed E-state index contributed by atoms with van der Waals surface area (Å²) < 4.78 is 10.3. The van der Waals surface area contributed by atoms with Gasteiger partial charge in [0, 0.05) is 10.9 Å². The van der Waals surface area contributed by atoms with Crippen molar-refractivity contribution in [1.82, 2.24) is 5.32 Å². The van der Waals surface area contributed by atoms with Crippen molar-refractivity contribution in [2.45, 2.75) is 13.8 Å². The third-order valence-electron chi connectivity index (χ3n) is 3.83. The number of hydrogen-bond acceptors (Lipinski definition) is 6. The molecule has 0 spiro atoms. The van der Waals surface area contributed by atoms with Gasteiger partial charge in [0.25, 0.3) is 5.91 Å². The molecule has 3 aromatic rings. The lowest BCUT2D eigenvalue weighted by atomic mass is 10.0. The third-order valence-corrected chi connectivity index (χ3v) is 4.93. The number of amides is 1. The molecular formula is C20H18N2O4S2. The molecule has 8 heteroatoms. The summed E-state index contributed by atoms with van der Waals surface area (Å²) in [6, 6.07) is 11.0. The van der Waals surface area contributed by atoms with E-state index in [9.17, 15) is 9.59 Å². The molecule has 28 heavy (non-hydrogen) atoms. The Morgan fingerprint density at radius 3 is 2.61 bits per heavy atom. The van der Waals surface area contributed by atoms with Crippen LogP contribution in [0.5, 0.6) is 0 Å². The van der Waals surface area contributed by atoms with Crippen LogP contribution in [0.15, 0.2) is 52.5 Å². The fourth-order valence-corrected chi connectivity index (χ4v) is 3.73. The molecule has 2 N–H and O–H groups in total. The van der Waals surface area contributed by atoms with Gasteiger partial charge in [0.05, 0.1) is 12.9 Å². The zero-order chi connectivity index (χ0) is 20.1. The number of esters is 1. The van der Waals surface area contributed by atoms with E-state index in [0.717, 1.165) is 16.7 Å². The highest BCUT2D eigenvalue weighted by Crippen LogP contribution is 2.36. The Balaban J connectivity index is 1.85. The Morgan fingerprint density at radius 2 is 1.96 bits per heavy atom. The average molecular weight is 415 g/mol. The molecule has 0 fully saturated rings. The van der Waals surface area contributed by atoms with Crippen molar-refractivity contribution in [2.75, 3.05) is 11.9 Å². The second-order valence-electron chi connectivity index (χ2n) is 5.83. The number of hydrogen-bond donors (Lipinski definition) is 2. The molecule has 2 aromatic heterocycles. The third kappa shape index (κ3) is 4.47. The molecule has 2 heterocycles. The Kier molecular flexibility index (Phi) is 6.23. The number of benzene rings is 1. The van der Waals surface area contributed by atoms with E-state index >= 15 is 0 Å². The van der Waals surface area contributed by atoms with E-state index in [4.69, 9.17) is 21.4 Å². The molecule has 0 aliphatic carbocycles. The van der Waals surface area contributed by atoms with Crippen LogP contribution in [-0.4, -0.2) is 23.6 Å². The number of ether oxygens (including phenoxy) is 1. The van der Waals surface area contributed by atoms with Crippen LogP contribution in [0.4, 0.5) is 5.00 Å². The first kappa shape index (κ1) is 19.8. The second-order valence-corrected chi connectivity index (χ2v) is 7.11. The van der Waals surface area contributed by atoms with Crippen LogP contribution >= 0.6 is 23.6 Å². The molecule has 0 atom stereocenters. The predicted octanol–water partition coefficient (Wildman–Crippen LogP) is 4.62. The van der Waals surface area contributed by atoms with Crippen molar-refractivity contribution in [2.24, 2.45) is 0 Å². The summed E-state index contributed by atoms with van der Waals surface area (Å²) in [7, 11) is 0. The largest absolute Gasteiger partial charge is 0.462 e.